The van der Waals surface area contributed by atoms with Gasteiger partial charge in [0.15, 0.2) is 0 Å². The van der Waals surface area contributed by atoms with Gasteiger partial charge in [-0.3, -0.25) is 4.79 Å². The summed E-state index contributed by atoms with van der Waals surface area (Å²) in [5.74, 6) is -0.0432. The number of rotatable bonds is 4. The molecular weight excluding hydrogens is 302 g/mol. The first-order chi connectivity index (χ1) is 11.4. The smallest absolute Gasteiger partial charge is 0.246 e. The number of aliphatic hydroxyl groups is 1. The molecule has 1 aromatic heterocycles. The van der Waals surface area contributed by atoms with Gasteiger partial charge in [0.25, 0.3) is 0 Å². The number of hydrogen-bond acceptors (Lipinski definition) is 3. The minimum absolute atomic E-state index is 0.0432. The number of nitrogens with zero attached hydrogens (tertiary/aromatic N) is 3. The zero-order chi connectivity index (χ0) is 17.2. The highest BCUT2D eigenvalue weighted by molar-refractivity contribution is 5.92. The molecule has 1 unspecified atom stereocenters. The number of imidazole rings is 1. The van der Waals surface area contributed by atoms with Gasteiger partial charge < -0.3 is 14.6 Å². The lowest BCUT2D eigenvalue weighted by atomic mass is 9.96. The highest BCUT2D eigenvalue weighted by Gasteiger charge is 2.37. The van der Waals surface area contributed by atoms with Crippen molar-refractivity contribution in [1.82, 2.24) is 14.5 Å². The van der Waals surface area contributed by atoms with E-state index in [1.54, 1.807) is 37.3 Å². The average molecular weight is 325 g/mol. The van der Waals surface area contributed by atoms with Gasteiger partial charge in [0.05, 0.1) is 18.0 Å². The standard InChI is InChI=1S/C19H23N3O2/c1-19(2,24)17-4-3-12-22(17)18(23)10-7-15-5-8-16(9-6-15)21-13-11-20-14-21/h5-11,13-14,17,24H,3-4,12H2,1-2H3/b10-7+. The summed E-state index contributed by atoms with van der Waals surface area (Å²) in [6, 6.07) is 7.80. The fourth-order valence-corrected chi connectivity index (χ4v) is 3.20. The highest BCUT2D eigenvalue weighted by Crippen LogP contribution is 2.27. The first kappa shape index (κ1) is 16.5. The van der Waals surface area contributed by atoms with Crippen LogP contribution in [-0.4, -0.2) is 43.7 Å². The zero-order valence-electron chi connectivity index (χ0n) is 14.1. The van der Waals surface area contributed by atoms with Crippen molar-refractivity contribution in [3.8, 4) is 5.69 Å². The van der Waals surface area contributed by atoms with Crippen LogP contribution in [0, 0.1) is 0 Å². The molecule has 1 aromatic carbocycles. The molecule has 2 heterocycles. The van der Waals surface area contributed by atoms with Crippen molar-refractivity contribution < 1.29 is 9.90 Å². The molecule has 126 valence electrons. The minimum atomic E-state index is -0.869. The molecule has 3 rings (SSSR count). The molecule has 1 aliphatic rings. The Labute approximate surface area is 142 Å². The number of carbonyl (C=O) groups excluding carboxylic acids is 1. The second kappa shape index (κ2) is 6.61. The van der Waals surface area contributed by atoms with Crippen LogP contribution in [0.1, 0.15) is 32.3 Å². The van der Waals surface area contributed by atoms with E-state index in [1.807, 2.05) is 41.1 Å². The van der Waals surface area contributed by atoms with Crippen LogP contribution in [0.2, 0.25) is 0 Å². The van der Waals surface area contributed by atoms with Crippen molar-refractivity contribution in [3.63, 3.8) is 0 Å². The Kier molecular flexibility index (Phi) is 4.53. The van der Waals surface area contributed by atoms with Gasteiger partial charge in [-0.15, -0.1) is 0 Å². The van der Waals surface area contributed by atoms with Gasteiger partial charge in [-0.25, -0.2) is 4.98 Å². The number of likely N-dealkylation sites (tertiary alicyclic amines) is 1. The minimum Gasteiger partial charge on any atom is -0.388 e. The second-order valence-electron chi connectivity index (χ2n) is 6.74. The van der Waals surface area contributed by atoms with Crippen LogP contribution in [0.4, 0.5) is 0 Å². The average Bonchev–Trinajstić information content (AvgIpc) is 3.23. The van der Waals surface area contributed by atoms with Crippen molar-refractivity contribution >= 4 is 12.0 Å². The highest BCUT2D eigenvalue weighted by atomic mass is 16.3. The molecular formula is C19H23N3O2. The molecule has 0 saturated carbocycles. The fourth-order valence-electron chi connectivity index (χ4n) is 3.20. The third kappa shape index (κ3) is 3.57. The van der Waals surface area contributed by atoms with Gasteiger partial charge in [0.1, 0.15) is 0 Å². The van der Waals surface area contributed by atoms with Crippen LogP contribution in [0.25, 0.3) is 11.8 Å². The molecule has 1 atom stereocenters. The van der Waals surface area contributed by atoms with Gasteiger partial charge in [0.2, 0.25) is 5.91 Å². The number of aromatic nitrogens is 2. The predicted octanol–water partition coefficient (Wildman–Crippen LogP) is 2.65. The van der Waals surface area contributed by atoms with Crippen molar-refractivity contribution in [3.05, 3.63) is 54.6 Å². The van der Waals surface area contributed by atoms with Gasteiger partial charge in [-0.05, 0) is 50.5 Å². The summed E-state index contributed by atoms with van der Waals surface area (Å²) in [4.78, 5) is 18.2. The quantitative estimate of drug-likeness (QED) is 0.879. The van der Waals surface area contributed by atoms with Gasteiger partial charge in [0, 0.05) is 30.7 Å². The largest absolute Gasteiger partial charge is 0.388 e. The van der Waals surface area contributed by atoms with E-state index in [4.69, 9.17) is 0 Å². The SMILES string of the molecule is CC(C)(O)C1CCCN1C(=O)/C=C/c1ccc(-n2ccnc2)cc1. The molecule has 5 nitrogen and oxygen atoms in total. The summed E-state index contributed by atoms with van der Waals surface area (Å²) < 4.78 is 1.93. The van der Waals surface area contributed by atoms with E-state index in [1.165, 1.54) is 0 Å². The van der Waals surface area contributed by atoms with Gasteiger partial charge in [-0.2, -0.15) is 0 Å². The Morgan fingerprint density at radius 2 is 2.08 bits per heavy atom. The van der Waals surface area contributed by atoms with E-state index >= 15 is 0 Å². The Morgan fingerprint density at radius 1 is 1.33 bits per heavy atom. The first-order valence-electron chi connectivity index (χ1n) is 8.24. The van der Waals surface area contributed by atoms with Crippen molar-refractivity contribution in [2.24, 2.45) is 0 Å². The van der Waals surface area contributed by atoms with Crippen LogP contribution in [0.3, 0.4) is 0 Å². The van der Waals surface area contributed by atoms with Crippen LogP contribution in [-0.2, 0) is 4.79 Å². The summed E-state index contributed by atoms with van der Waals surface area (Å²) in [7, 11) is 0. The topological polar surface area (TPSA) is 58.4 Å². The number of benzene rings is 1. The maximum absolute atomic E-state index is 12.4. The van der Waals surface area contributed by atoms with Crippen LogP contribution >= 0.6 is 0 Å². The molecule has 1 aliphatic heterocycles. The summed E-state index contributed by atoms with van der Waals surface area (Å²) in [6.45, 7) is 4.24. The predicted molar refractivity (Wildman–Crippen MR) is 93.6 cm³/mol. The van der Waals surface area contributed by atoms with E-state index in [0.29, 0.717) is 6.54 Å². The Morgan fingerprint density at radius 3 is 2.71 bits per heavy atom. The molecule has 1 N–H and O–H groups in total. The van der Waals surface area contributed by atoms with E-state index in [2.05, 4.69) is 4.98 Å². The van der Waals surface area contributed by atoms with Crippen molar-refractivity contribution in [1.29, 1.82) is 0 Å². The third-order valence-electron chi connectivity index (χ3n) is 4.47. The molecule has 1 saturated heterocycles. The van der Waals surface area contributed by atoms with E-state index < -0.39 is 5.60 Å². The van der Waals surface area contributed by atoms with E-state index in [9.17, 15) is 9.90 Å². The lowest BCUT2D eigenvalue weighted by molar-refractivity contribution is -0.131. The lowest BCUT2D eigenvalue weighted by Crippen LogP contribution is -2.47. The van der Waals surface area contributed by atoms with Crippen LogP contribution < -0.4 is 0 Å². The van der Waals surface area contributed by atoms with Crippen molar-refractivity contribution in [2.75, 3.05) is 6.54 Å². The fraction of sp³-hybridized carbons (Fsp3) is 0.368. The molecule has 5 heteroatoms. The third-order valence-corrected chi connectivity index (χ3v) is 4.47. The first-order valence-corrected chi connectivity index (χ1v) is 8.24. The molecule has 1 amide bonds. The number of carbonyl (C=O) groups is 1. The molecule has 2 aromatic rings. The normalized spacial score (nSPS) is 18.5. The molecule has 24 heavy (non-hydrogen) atoms. The maximum atomic E-state index is 12.4. The summed E-state index contributed by atoms with van der Waals surface area (Å²) >= 11 is 0. The second-order valence-corrected chi connectivity index (χ2v) is 6.74. The Balaban J connectivity index is 1.68. The molecule has 0 bridgehead atoms. The summed E-state index contributed by atoms with van der Waals surface area (Å²) in [5.41, 5.74) is 1.12. The maximum Gasteiger partial charge on any atom is 0.246 e. The van der Waals surface area contributed by atoms with Gasteiger partial charge in [-0.1, -0.05) is 12.1 Å². The number of hydrogen-bond donors (Lipinski definition) is 1. The number of amides is 1. The van der Waals surface area contributed by atoms with E-state index in [-0.39, 0.29) is 11.9 Å². The Hall–Kier alpha value is -2.40. The molecule has 0 radical (unpaired) electrons. The Bertz CT molecular complexity index is 712. The van der Waals surface area contributed by atoms with Crippen molar-refractivity contribution in [2.45, 2.75) is 38.3 Å². The lowest BCUT2D eigenvalue weighted by Gasteiger charge is -2.33. The van der Waals surface area contributed by atoms with E-state index in [0.717, 1.165) is 24.1 Å². The zero-order valence-corrected chi connectivity index (χ0v) is 14.1. The summed E-state index contributed by atoms with van der Waals surface area (Å²) in [5, 5.41) is 10.2. The van der Waals surface area contributed by atoms with Gasteiger partial charge >= 0.3 is 0 Å². The van der Waals surface area contributed by atoms with Crippen LogP contribution in [0.5, 0.6) is 0 Å². The monoisotopic (exact) mass is 325 g/mol. The molecule has 1 fully saturated rings. The molecule has 0 spiro atoms. The molecule has 0 aliphatic carbocycles. The summed E-state index contributed by atoms with van der Waals surface area (Å²) in [6.07, 6.45) is 10.6. The van der Waals surface area contributed by atoms with Crippen LogP contribution in [0.15, 0.2) is 49.1 Å².